The molecule has 3 unspecified atom stereocenters. The first kappa shape index (κ1) is 20.1. The fourth-order valence-corrected chi connectivity index (χ4v) is 5.62. The van der Waals surface area contributed by atoms with E-state index in [0.29, 0.717) is 15.6 Å². The maximum Gasteiger partial charge on any atom is 0.237 e. The third kappa shape index (κ3) is 3.13. The highest BCUT2D eigenvalue weighted by molar-refractivity contribution is 6.31. The van der Waals surface area contributed by atoms with Gasteiger partial charge in [-0.15, -0.1) is 0 Å². The first-order valence-electron chi connectivity index (χ1n) is 10.1. The van der Waals surface area contributed by atoms with Crippen LogP contribution in [0.25, 0.3) is 0 Å². The molecule has 154 valence electrons. The van der Waals surface area contributed by atoms with E-state index in [4.69, 9.17) is 23.2 Å². The Hall–Kier alpha value is -2.84. The fraction of sp³-hybridized carbons (Fsp3) is 0.200. The molecule has 0 saturated carbocycles. The van der Waals surface area contributed by atoms with Crippen LogP contribution in [0.2, 0.25) is 10.0 Å². The molecule has 0 radical (unpaired) electrons. The van der Waals surface area contributed by atoms with Gasteiger partial charge in [0.25, 0.3) is 0 Å². The number of amides is 1. The van der Waals surface area contributed by atoms with E-state index in [1.807, 2.05) is 54.6 Å². The average molecular weight is 448 g/mol. The van der Waals surface area contributed by atoms with E-state index >= 15 is 0 Å². The van der Waals surface area contributed by atoms with Crippen LogP contribution in [0.1, 0.15) is 40.6 Å². The van der Waals surface area contributed by atoms with Crippen molar-refractivity contribution in [2.45, 2.75) is 23.8 Å². The Kier molecular flexibility index (Phi) is 4.98. The molecule has 3 atom stereocenters. The molecule has 0 aliphatic carbocycles. The summed E-state index contributed by atoms with van der Waals surface area (Å²) in [6.45, 7) is 0.733. The minimum absolute atomic E-state index is 0.0747. The van der Waals surface area contributed by atoms with Gasteiger partial charge in [-0.05, 0) is 66.1 Å². The zero-order valence-electron chi connectivity index (χ0n) is 16.5. The van der Waals surface area contributed by atoms with Crippen LogP contribution in [0.4, 0.5) is 5.69 Å². The van der Waals surface area contributed by atoms with Gasteiger partial charge in [-0.25, -0.2) is 0 Å². The number of rotatable bonds is 2. The minimum atomic E-state index is -0.906. The molecule has 2 aliphatic heterocycles. The summed E-state index contributed by atoms with van der Waals surface area (Å²) in [5.41, 5.74) is 3.23. The standard InChI is InChI=1S/C25H19Cl2N3O/c26-18-6-2-4-16(12-18)20-9-10-29-23(17-5-1-3-15(11-17)14-28)25(20)21-8-7-19(27)13-22(21)30-24(25)31/h1-8,11-13,20,23,29H,9-10H2,(H,30,31). The molecule has 1 fully saturated rings. The summed E-state index contributed by atoms with van der Waals surface area (Å²) >= 11 is 12.6. The summed E-state index contributed by atoms with van der Waals surface area (Å²) in [6, 6.07) is 22.7. The molecule has 5 rings (SSSR count). The highest BCUT2D eigenvalue weighted by Gasteiger charge is 2.59. The fourth-order valence-electron chi connectivity index (χ4n) is 5.24. The maximum absolute atomic E-state index is 13.8. The number of halogens is 2. The van der Waals surface area contributed by atoms with Crippen LogP contribution in [0.3, 0.4) is 0 Å². The van der Waals surface area contributed by atoms with Crippen molar-refractivity contribution in [3.05, 3.63) is 99.0 Å². The lowest BCUT2D eigenvalue weighted by Crippen LogP contribution is -2.55. The van der Waals surface area contributed by atoms with Gasteiger partial charge in [0.15, 0.2) is 0 Å². The van der Waals surface area contributed by atoms with Gasteiger partial charge in [-0.2, -0.15) is 5.26 Å². The molecular weight excluding hydrogens is 429 g/mol. The summed E-state index contributed by atoms with van der Waals surface area (Å²) in [4.78, 5) is 13.8. The molecule has 4 nitrogen and oxygen atoms in total. The minimum Gasteiger partial charge on any atom is -0.325 e. The number of nitrogens with zero attached hydrogens (tertiary/aromatic N) is 1. The van der Waals surface area contributed by atoms with E-state index in [1.165, 1.54) is 0 Å². The average Bonchev–Trinajstić information content (AvgIpc) is 3.05. The topological polar surface area (TPSA) is 64.9 Å². The van der Waals surface area contributed by atoms with E-state index < -0.39 is 5.41 Å². The summed E-state index contributed by atoms with van der Waals surface area (Å²) < 4.78 is 0. The molecule has 6 heteroatoms. The molecule has 2 heterocycles. The number of piperidine rings is 1. The Balaban J connectivity index is 1.78. The molecule has 3 aromatic rings. The normalized spacial score (nSPS) is 24.5. The Bertz CT molecular complexity index is 1240. The summed E-state index contributed by atoms with van der Waals surface area (Å²) in [7, 11) is 0. The highest BCUT2D eigenvalue weighted by Crippen LogP contribution is 2.57. The largest absolute Gasteiger partial charge is 0.325 e. The molecule has 2 aliphatic rings. The zero-order valence-corrected chi connectivity index (χ0v) is 18.0. The van der Waals surface area contributed by atoms with Crippen LogP contribution < -0.4 is 10.6 Å². The molecule has 0 aromatic heterocycles. The predicted molar refractivity (Wildman–Crippen MR) is 122 cm³/mol. The second kappa shape index (κ2) is 7.69. The smallest absolute Gasteiger partial charge is 0.237 e. The molecule has 1 amide bonds. The predicted octanol–water partition coefficient (Wildman–Crippen LogP) is 5.57. The Labute approximate surface area is 190 Å². The van der Waals surface area contributed by atoms with E-state index in [0.717, 1.165) is 35.3 Å². The van der Waals surface area contributed by atoms with Crippen LogP contribution in [-0.4, -0.2) is 12.5 Å². The number of hydrogen-bond donors (Lipinski definition) is 2. The van der Waals surface area contributed by atoms with Crippen molar-refractivity contribution in [3.8, 4) is 6.07 Å². The molecule has 3 aromatic carbocycles. The van der Waals surface area contributed by atoms with Gasteiger partial charge < -0.3 is 10.6 Å². The van der Waals surface area contributed by atoms with E-state index in [-0.39, 0.29) is 17.9 Å². The van der Waals surface area contributed by atoms with Crippen molar-refractivity contribution in [1.82, 2.24) is 5.32 Å². The number of carbonyl (C=O) groups excluding carboxylic acids is 1. The summed E-state index contributed by atoms with van der Waals surface area (Å²) in [5, 5.41) is 17.3. The van der Waals surface area contributed by atoms with Crippen molar-refractivity contribution in [2.24, 2.45) is 0 Å². The van der Waals surface area contributed by atoms with Crippen LogP contribution in [0.5, 0.6) is 0 Å². The Morgan fingerprint density at radius 2 is 1.74 bits per heavy atom. The number of hydrogen-bond acceptors (Lipinski definition) is 3. The number of carbonyl (C=O) groups is 1. The SMILES string of the molecule is N#Cc1cccc(C2NCCC(c3cccc(Cl)c3)C23C(=O)Nc2cc(Cl)ccc23)c1. The van der Waals surface area contributed by atoms with Gasteiger partial charge in [-0.3, -0.25) is 4.79 Å². The van der Waals surface area contributed by atoms with Gasteiger partial charge in [0.2, 0.25) is 5.91 Å². The highest BCUT2D eigenvalue weighted by atomic mass is 35.5. The number of nitrogens with one attached hydrogen (secondary N) is 2. The number of benzene rings is 3. The Morgan fingerprint density at radius 1 is 0.968 bits per heavy atom. The van der Waals surface area contributed by atoms with Crippen LogP contribution in [-0.2, 0) is 10.2 Å². The van der Waals surface area contributed by atoms with Crippen LogP contribution in [0.15, 0.2) is 66.7 Å². The first-order chi connectivity index (χ1) is 15.0. The van der Waals surface area contributed by atoms with E-state index in [1.54, 1.807) is 12.1 Å². The van der Waals surface area contributed by atoms with Gasteiger partial charge >= 0.3 is 0 Å². The Morgan fingerprint density at radius 3 is 2.55 bits per heavy atom. The van der Waals surface area contributed by atoms with Crippen molar-refractivity contribution in [3.63, 3.8) is 0 Å². The van der Waals surface area contributed by atoms with Gasteiger partial charge in [-0.1, -0.05) is 53.5 Å². The lowest BCUT2D eigenvalue weighted by atomic mass is 9.59. The van der Waals surface area contributed by atoms with Crippen molar-refractivity contribution >= 4 is 34.8 Å². The molecular formula is C25H19Cl2N3O. The lowest BCUT2D eigenvalue weighted by molar-refractivity contribution is -0.123. The molecule has 2 N–H and O–H groups in total. The molecule has 0 bridgehead atoms. The second-order valence-electron chi connectivity index (χ2n) is 8.03. The monoisotopic (exact) mass is 447 g/mol. The second-order valence-corrected chi connectivity index (χ2v) is 8.91. The van der Waals surface area contributed by atoms with E-state index in [9.17, 15) is 10.1 Å². The van der Waals surface area contributed by atoms with Crippen molar-refractivity contribution in [1.29, 1.82) is 5.26 Å². The molecule has 1 spiro atoms. The first-order valence-corrected chi connectivity index (χ1v) is 10.9. The summed E-state index contributed by atoms with van der Waals surface area (Å²) in [5.74, 6) is -0.181. The zero-order chi connectivity index (χ0) is 21.6. The number of fused-ring (bicyclic) bond motifs is 2. The van der Waals surface area contributed by atoms with Gasteiger partial charge in [0.1, 0.15) is 5.41 Å². The number of anilines is 1. The third-order valence-corrected chi connectivity index (χ3v) is 6.91. The van der Waals surface area contributed by atoms with Crippen molar-refractivity contribution in [2.75, 3.05) is 11.9 Å². The van der Waals surface area contributed by atoms with Crippen LogP contribution in [0, 0.1) is 11.3 Å². The molecule has 1 saturated heterocycles. The quantitative estimate of drug-likeness (QED) is 0.539. The van der Waals surface area contributed by atoms with Crippen molar-refractivity contribution < 1.29 is 4.79 Å². The lowest BCUT2D eigenvalue weighted by Gasteiger charge is -2.47. The number of nitriles is 1. The van der Waals surface area contributed by atoms with E-state index in [2.05, 4.69) is 16.7 Å². The van der Waals surface area contributed by atoms with Gasteiger partial charge in [0, 0.05) is 21.7 Å². The van der Waals surface area contributed by atoms with Crippen LogP contribution >= 0.6 is 23.2 Å². The maximum atomic E-state index is 13.8. The van der Waals surface area contributed by atoms with Gasteiger partial charge in [0.05, 0.1) is 17.7 Å². The third-order valence-electron chi connectivity index (χ3n) is 6.44. The summed E-state index contributed by atoms with van der Waals surface area (Å²) in [6.07, 6.45) is 0.768. The molecule has 31 heavy (non-hydrogen) atoms.